The molecule has 0 saturated carbocycles. The summed E-state index contributed by atoms with van der Waals surface area (Å²) in [6.45, 7) is 6.39. The fourth-order valence-corrected chi connectivity index (χ4v) is 2.74. The second kappa shape index (κ2) is 5.41. The van der Waals surface area contributed by atoms with Gasteiger partial charge in [-0.05, 0) is 32.9 Å². The van der Waals surface area contributed by atoms with Gasteiger partial charge in [0.1, 0.15) is 10.5 Å². The van der Waals surface area contributed by atoms with Crippen LogP contribution in [0.2, 0.25) is 0 Å². The lowest BCUT2D eigenvalue weighted by Gasteiger charge is -2.31. The third-order valence-electron chi connectivity index (χ3n) is 2.99. The lowest BCUT2D eigenvalue weighted by Crippen LogP contribution is -2.42. The van der Waals surface area contributed by atoms with Crippen LogP contribution >= 0.6 is 0 Å². The SMILES string of the molecule is CC(C)(C)[S+]([O-])N[C@H]1CCOc2cc(C#N)ccc21. The zero-order valence-corrected chi connectivity index (χ0v) is 12.2. The van der Waals surface area contributed by atoms with Crippen LogP contribution < -0.4 is 9.46 Å². The van der Waals surface area contributed by atoms with E-state index in [1.165, 1.54) is 0 Å². The van der Waals surface area contributed by atoms with Crippen molar-refractivity contribution >= 4 is 11.4 Å². The van der Waals surface area contributed by atoms with Crippen LogP contribution in [0, 0.1) is 11.3 Å². The molecule has 1 N–H and O–H groups in total. The molecule has 1 aromatic carbocycles. The Kier molecular flexibility index (Phi) is 4.04. The highest BCUT2D eigenvalue weighted by molar-refractivity contribution is 7.90. The van der Waals surface area contributed by atoms with Crippen LogP contribution in [0.3, 0.4) is 0 Å². The Morgan fingerprint density at radius 2 is 2.21 bits per heavy atom. The van der Waals surface area contributed by atoms with Crippen molar-refractivity contribution in [2.24, 2.45) is 0 Å². The number of fused-ring (bicyclic) bond motifs is 1. The van der Waals surface area contributed by atoms with Crippen molar-refractivity contribution in [3.8, 4) is 11.8 Å². The molecular formula is C14H18N2O2S. The van der Waals surface area contributed by atoms with Crippen LogP contribution in [0.25, 0.3) is 0 Å². The topological polar surface area (TPSA) is 68.1 Å². The fraction of sp³-hybridized carbons (Fsp3) is 0.500. The first-order chi connectivity index (χ1) is 8.91. The van der Waals surface area contributed by atoms with E-state index in [9.17, 15) is 4.55 Å². The summed E-state index contributed by atoms with van der Waals surface area (Å²) < 4.78 is 20.6. The first-order valence-corrected chi connectivity index (χ1v) is 7.41. The lowest BCUT2D eigenvalue weighted by atomic mass is 10.00. The predicted molar refractivity (Wildman–Crippen MR) is 75.0 cm³/mol. The Bertz CT molecular complexity index is 505. The summed E-state index contributed by atoms with van der Waals surface area (Å²) >= 11 is -1.12. The summed E-state index contributed by atoms with van der Waals surface area (Å²) in [4.78, 5) is 0. The standard InChI is InChI=1S/C14H18N2O2S/c1-14(2,3)19(17)16-12-6-7-18-13-8-10(9-15)4-5-11(12)13/h4-5,8,12,16H,6-7H2,1-3H3/t12-,19?/m0/s1. The second-order valence-corrected chi connectivity index (χ2v) is 7.55. The van der Waals surface area contributed by atoms with Crippen molar-refractivity contribution < 1.29 is 9.29 Å². The molecule has 102 valence electrons. The molecule has 0 aliphatic carbocycles. The first kappa shape index (κ1) is 14.2. The van der Waals surface area contributed by atoms with E-state index in [-0.39, 0.29) is 10.8 Å². The first-order valence-electron chi connectivity index (χ1n) is 6.26. The van der Waals surface area contributed by atoms with Gasteiger partial charge < -0.3 is 9.29 Å². The summed E-state index contributed by atoms with van der Waals surface area (Å²) in [5, 5.41) is 8.89. The number of benzene rings is 1. The molecule has 2 atom stereocenters. The van der Waals surface area contributed by atoms with Crippen molar-refractivity contribution in [1.82, 2.24) is 4.72 Å². The van der Waals surface area contributed by atoms with E-state index in [1.807, 2.05) is 26.8 Å². The Balaban J connectivity index is 2.21. The Morgan fingerprint density at radius 1 is 1.47 bits per heavy atom. The zero-order chi connectivity index (χ0) is 14.0. The molecule has 1 aromatic rings. The van der Waals surface area contributed by atoms with E-state index in [0.29, 0.717) is 17.9 Å². The van der Waals surface area contributed by atoms with Crippen LogP contribution in [0.5, 0.6) is 5.75 Å². The Labute approximate surface area is 117 Å². The molecule has 0 fully saturated rings. The lowest BCUT2D eigenvalue weighted by molar-refractivity contribution is 0.262. The molecule has 0 saturated heterocycles. The third kappa shape index (κ3) is 3.21. The molecule has 1 heterocycles. The van der Waals surface area contributed by atoms with Gasteiger partial charge in [0.05, 0.1) is 24.3 Å². The van der Waals surface area contributed by atoms with E-state index in [1.54, 1.807) is 12.1 Å². The van der Waals surface area contributed by atoms with Crippen LogP contribution in [0.1, 0.15) is 44.4 Å². The molecule has 0 bridgehead atoms. The number of rotatable bonds is 2. The highest BCUT2D eigenvalue weighted by Gasteiger charge is 2.32. The van der Waals surface area contributed by atoms with Crippen molar-refractivity contribution in [3.63, 3.8) is 0 Å². The van der Waals surface area contributed by atoms with Gasteiger partial charge in [-0.1, -0.05) is 6.07 Å². The summed E-state index contributed by atoms with van der Waals surface area (Å²) in [6, 6.07) is 7.49. The summed E-state index contributed by atoms with van der Waals surface area (Å²) in [5.74, 6) is 0.716. The van der Waals surface area contributed by atoms with E-state index < -0.39 is 11.4 Å². The zero-order valence-electron chi connectivity index (χ0n) is 11.4. The van der Waals surface area contributed by atoms with Crippen molar-refractivity contribution in [3.05, 3.63) is 29.3 Å². The smallest absolute Gasteiger partial charge is 0.136 e. The van der Waals surface area contributed by atoms with E-state index in [2.05, 4.69) is 10.8 Å². The Morgan fingerprint density at radius 3 is 2.84 bits per heavy atom. The van der Waals surface area contributed by atoms with Gasteiger partial charge in [-0.15, -0.1) is 4.72 Å². The van der Waals surface area contributed by atoms with Crippen LogP contribution in [-0.4, -0.2) is 15.9 Å². The van der Waals surface area contributed by atoms with Crippen LogP contribution in [-0.2, 0) is 11.4 Å². The average molecular weight is 278 g/mol. The maximum Gasteiger partial charge on any atom is 0.136 e. The fourth-order valence-electron chi connectivity index (χ4n) is 1.89. The van der Waals surface area contributed by atoms with Crippen LogP contribution in [0.15, 0.2) is 18.2 Å². The minimum absolute atomic E-state index is 0.0107. The van der Waals surface area contributed by atoms with Crippen molar-refractivity contribution in [2.75, 3.05) is 6.61 Å². The normalized spacial score (nSPS) is 20.1. The minimum atomic E-state index is -1.12. The summed E-state index contributed by atoms with van der Waals surface area (Å²) in [7, 11) is 0. The number of ether oxygens (including phenoxy) is 1. The predicted octanol–water partition coefficient (Wildman–Crippen LogP) is 2.43. The number of nitriles is 1. The summed E-state index contributed by atoms with van der Waals surface area (Å²) in [6.07, 6.45) is 0.778. The number of nitrogens with zero attached hydrogens (tertiary/aromatic N) is 1. The largest absolute Gasteiger partial charge is 0.598 e. The summed E-state index contributed by atoms with van der Waals surface area (Å²) in [5.41, 5.74) is 1.55. The van der Waals surface area contributed by atoms with Gasteiger partial charge >= 0.3 is 0 Å². The molecule has 4 nitrogen and oxygen atoms in total. The van der Waals surface area contributed by atoms with E-state index in [4.69, 9.17) is 10.00 Å². The number of nitrogens with one attached hydrogen (secondary N) is 1. The maximum atomic E-state index is 12.2. The van der Waals surface area contributed by atoms with Gasteiger partial charge in [-0.25, -0.2) is 0 Å². The number of hydrogen-bond donors (Lipinski definition) is 1. The second-order valence-electron chi connectivity index (χ2n) is 5.55. The highest BCUT2D eigenvalue weighted by Crippen LogP contribution is 2.34. The van der Waals surface area contributed by atoms with Crippen molar-refractivity contribution in [1.29, 1.82) is 5.26 Å². The van der Waals surface area contributed by atoms with Gasteiger partial charge in [0.2, 0.25) is 0 Å². The van der Waals surface area contributed by atoms with Gasteiger partial charge in [0, 0.05) is 23.3 Å². The number of hydrogen-bond acceptors (Lipinski definition) is 4. The molecule has 1 aliphatic heterocycles. The highest BCUT2D eigenvalue weighted by atomic mass is 32.2. The van der Waals surface area contributed by atoms with E-state index in [0.717, 1.165) is 12.0 Å². The monoisotopic (exact) mass is 278 g/mol. The van der Waals surface area contributed by atoms with Gasteiger partial charge in [0.15, 0.2) is 0 Å². The molecule has 0 aromatic heterocycles. The molecule has 0 radical (unpaired) electrons. The van der Waals surface area contributed by atoms with Gasteiger partial charge in [-0.2, -0.15) is 5.26 Å². The van der Waals surface area contributed by atoms with Gasteiger partial charge in [0.25, 0.3) is 0 Å². The molecule has 0 spiro atoms. The molecule has 1 aliphatic rings. The molecule has 1 unspecified atom stereocenters. The average Bonchev–Trinajstić information content (AvgIpc) is 2.37. The third-order valence-corrected chi connectivity index (χ3v) is 4.60. The molecule has 0 amide bonds. The molecule has 19 heavy (non-hydrogen) atoms. The van der Waals surface area contributed by atoms with Crippen molar-refractivity contribution in [2.45, 2.75) is 38.0 Å². The molecule has 2 rings (SSSR count). The maximum absolute atomic E-state index is 12.2. The Hall–Kier alpha value is -1.22. The quantitative estimate of drug-likeness (QED) is 0.844. The molecular weight excluding hydrogens is 260 g/mol. The van der Waals surface area contributed by atoms with Gasteiger partial charge in [-0.3, -0.25) is 0 Å². The minimum Gasteiger partial charge on any atom is -0.598 e. The van der Waals surface area contributed by atoms with Crippen LogP contribution in [0.4, 0.5) is 0 Å². The molecule has 5 heteroatoms. The van der Waals surface area contributed by atoms with E-state index >= 15 is 0 Å².